The Morgan fingerprint density at radius 2 is 2.00 bits per heavy atom. The van der Waals surface area contributed by atoms with Crippen LogP contribution in [0, 0.1) is 5.41 Å². The van der Waals surface area contributed by atoms with E-state index in [2.05, 4.69) is 32.5 Å². The molecule has 2 aliphatic heterocycles. The van der Waals surface area contributed by atoms with Gasteiger partial charge in [0.2, 0.25) is 5.82 Å². The van der Waals surface area contributed by atoms with Crippen molar-refractivity contribution in [3.63, 3.8) is 0 Å². The number of fused-ring (bicyclic) bond motifs is 1. The third-order valence-electron chi connectivity index (χ3n) is 7.13. The Balaban J connectivity index is 1.34. The van der Waals surface area contributed by atoms with Gasteiger partial charge in [0.05, 0.1) is 24.2 Å². The van der Waals surface area contributed by atoms with Gasteiger partial charge >= 0.3 is 0 Å². The number of hydrogen-bond acceptors (Lipinski definition) is 10. The van der Waals surface area contributed by atoms with Crippen molar-refractivity contribution >= 4 is 23.5 Å². The first kappa shape index (κ1) is 27.0. The average Bonchev–Trinajstić information content (AvgIpc) is 3.51. The summed E-state index contributed by atoms with van der Waals surface area (Å²) in [4.78, 5) is 28.5. The molecule has 12 nitrogen and oxygen atoms in total. The fraction of sp³-hybridized carbons (Fsp3) is 0.357. The lowest BCUT2D eigenvalue weighted by Gasteiger charge is -2.44. The summed E-state index contributed by atoms with van der Waals surface area (Å²) >= 11 is 0. The molecule has 208 valence electrons. The van der Waals surface area contributed by atoms with Crippen LogP contribution in [0.5, 0.6) is 17.2 Å². The molecule has 3 aromatic rings. The number of carbonyl (C=O) groups excluding carboxylic acids is 2. The van der Waals surface area contributed by atoms with Gasteiger partial charge in [-0.25, -0.2) is 0 Å². The molecule has 40 heavy (non-hydrogen) atoms. The van der Waals surface area contributed by atoms with Gasteiger partial charge in [0.25, 0.3) is 5.91 Å². The molecule has 3 N–H and O–H groups in total. The van der Waals surface area contributed by atoms with Gasteiger partial charge in [-0.1, -0.05) is 6.58 Å². The summed E-state index contributed by atoms with van der Waals surface area (Å²) in [5.74, 6) is 1.58. The third-order valence-corrected chi connectivity index (χ3v) is 7.13. The molecular formula is C28H31N7O5. The molecule has 1 amide bonds. The van der Waals surface area contributed by atoms with Crippen LogP contribution in [0.3, 0.4) is 0 Å². The average molecular weight is 546 g/mol. The Bertz CT molecular complexity index is 1450. The molecule has 0 atom stereocenters. The summed E-state index contributed by atoms with van der Waals surface area (Å²) in [6, 6.07) is 8.63. The summed E-state index contributed by atoms with van der Waals surface area (Å²) in [7, 11) is 1.75. The fourth-order valence-corrected chi connectivity index (χ4v) is 5.13. The zero-order valence-electron chi connectivity index (χ0n) is 22.5. The summed E-state index contributed by atoms with van der Waals surface area (Å²) in [6.45, 7) is 7.21. The number of benzene rings is 2. The molecule has 0 saturated carbocycles. The van der Waals surface area contributed by atoms with Gasteiger partial charge in [-0.3, -0.25) is 14.9 Å². The predicted molar refractivity (Wildman–Crippen MR) is 147 cm³/mol. The number of amides is 1. The molecule has 1 fully saturated rings. The monoisotopic (exact) mass is 545 g/mol. The number of H-pyrrole nitrogens is 1. The van der Waals surface area contributed by atoms with Crippen molar-refractivity contribution in [2.75, 3.05) is 33.5 Å². The van der Waals surface area contributed by atoms with Crippen LogP contribution < -0.4 is 19.5 Å². The molecule has 1 aromatic heterocycles. The third kappa shape index (κ3) is 5.17. The highest BCUT2D eigenvalue weighted by Gasteiger charge is 2.44. The first-order chi connectivity index (χ1) is 19.4. The number of piperidine rings is 1. The minimum Gasteiger partial charge on any atom is -0.493 e. The normalized spacial score (nSPS) is 15.8. The van der Waals surface area contributed by atoms with Gasteiger partial charge in [0.1, 0.15) is 29.6 Å². The van der Waals surface area contributed by atoms with E-state index in [1.807, 2.05) is 6.92 Å². The standard InChI is InChI=1S/C28H31N7O5/c1-4-38-23-12-19(13-24(39-16-30-3)25(23)17(2)15-29)27(37)35-9-7-28(8-10-35)14-21(36)20-11-18(5-6-22(20)40-28)26-31-33-34-32-26/h5-6,11-13,15,29-30H,2,4,7-10,14,16H2,1,3H3,(H,31,32,33,34). The number of allylic oxidation sites excluding steroid dienone is 1. The summed E-state index contributed by atoms with van der Waals surface area (Å²) in [5, 5.41) is 24.5. The number of carbonyl (C=O) groups is 2. The number of Topliss-reactive ketones (excluding diaryl/α,β-unsaturated/α-hetero) is 1. The van der Waals surface area contributed by atoms with Gasteiger partial charge in [0.15, 0.2) is 5.78 Å². The van der Waals surface area contributed by atoms with Gasteiger partial charge in [-0.2, -0.15) is 5.21 Å². The number of nitrogens with zero attached hydrogens (tertiary/aromatic N) is 4. The van der Waals surface area contributed by atoms with Crippen molar-refractivity contribution in [2.45, 2.75) is 31.8 Å². The molecule has 12 heteroatoms. The second kappa shape index (κ2) is 11.3. The van der Waals surface area contributed by atoms with E-state index in [-0.39, 0.29) is 24.8 Å². The predicted octanol–water partition coefficient (Wildman–Crippen LogP) is 3.12. The molecular weight excluding hydrogens is 514 g/mol. The highest BCUT2D eigenvalue weighted by molar-refractivity contribution is 6.10. The van der Waals surface area contributed by atoms with Crippen LogP contribution in [-0.2, 0) is 0 Å². The highest BCUT2D eigenvalue weighted by Crippen LogP contribution is 2.41. The van der Waals surface area contributed by atoms with Gasteiger partial charge in [0, 0.05) is 43.3 Å². The zero-order chi connectivity index (χ0) is 28.3. The number of rotatable bonds is 9. The van der Waals surface area contributed by atoms with Crippen LogP contribution in [-0.4, -0.2) is 82.5 Å². The molecule has 3 heterocycles. The van der Waals surface area contributed by atoms with E-state index in [1.54, 1.807) is 42.3 Å². The largest absolute Gasteiger partial charge is 0.493 e. The van der Waals surface area contributed by atoms with Crippen LogP contribution in [0.4, 0.5) is 0 Å². The van der Waals surface area contributed by atoms with Crippen molar-refractivity contribution in [3.8, 4) is 28.6 Å². The van der Waals surface area contributed by atoms with Gasteiger partial charge in [-0.15, -0.1) is 10.2 Å². The smallest absolute Gasteiger partial charge is 0.254 e. The van der Waals surface area contributed by atoms with E-state index < -0.39 is 5.60 Å². The van der Waals surface area contributed by atoms with Gasteiger partial charge < -0.3 is 24.5 Å². The highest BCUT2D eigenvalue weighted by atomic mass is 16.5. The Morgan fingerprint density at radius 1 is 1.25 bits per heavy atom. The van der Waals surface area contributed by atoms with E-state index in [1.165, 1.54) is 0 Å². The lowest BCUT2D eigenvalue weighted by Crippen LogP contribution is -2.52. The van der Waals surface area contributed by atoms with E-state index in [4.69, 9.17) is 19.6 Å². The van der Waals surface area contributed by atoms with Crippen LogP contribution >= 0.6 is 0 Å². The lowest BCUT2D eigenvalue weighted by atomic mass is 9.82. The van der Waals surface area contributed by atoms with Crippen LogP contribution in [0.2, 0.25) is 0 Å². The summed E-state index contributed by atoms with van der Waals surface area (Å²) < 4.78 is 18.1. The van der Waals surface area contributed by atoms with Crippen molar-refractivity contribution < 1.29 is 23.8 Å². The van der Waals surface area contributed by atoms with Crippen molar-refractivity contribution in [1.29, 1.82) is 5.41 Å². The second-order valence-electron chi connectivity index (χ2n) is 9.72. The van der Waals surface area contributed by atoms with Crippen LogP contribution in [0.25, 0.3) is 17.0 Å². The number of ketones is 1. The fourth-order valence-electron chi connectivity index (χ4n) is 5.13. The Labute approximate surface area is 231 Å². The maximum Gasteiger partial charge on any atom is 0.254 e. The molecule has 0 unspecified atom stereocenters. The first-order valence-electron chi connectivity index (χ1n) is 13.1. The molecule has 0 bridgehead atoms. The van der Waals surface area contributed by atoms with Crippen molar-refractivity contribution in [1.82, 2.24) is 30.8 Å². The maximum atomic E-state index is 13.6. The minimum absolute atomic E-state index is 0.0129. The number of likely N-dealkylation sites (tertiary alicyclic amines) is 1. The Kier molecular flexibility index (Phi) is 7.60. The molecule has 2 aliphatic rings. The van der Waals surface area contributed by atoms with Crippen LogP contribution in [0.15, 0.2) is 36.9 Å². The summed E-state index contributed by atoms with van der Waals surface area (Å²) in [5.41, 5.74) is 1.87. The topological polar surface area (TPSA) is 155 Å². The van der Waals surface area contributed by atoms with Gasteiger partial charge in [-0.05, 0) is 55.1 Å². The Morgan fingerprint density at radius 3 is 2.65 bits per heavy atom. The zero-order valence-corrected chi connectivity index (χ0v) is 22.5. The number of aromatic amines is 1. The van der Waals surface area contributed by atoms with Crippen LogP contribution in [0.1, 0.15) is 52.5 Å². The maximum absolute atomic E-state index is 13.6. The number of tetrazole rings is 1. The SMILES string of the molecule is C=C(C=N)c1c(OCC)cc(C(=O)N2CCC3(CC2)CC(=O)c2cc(-c4nn[nH]n4)ccc2O3)cc1OCNC. The molecule has 2 aromatic carbocycles. The Hall–Kier alpha value is -4.58. The number of ether oxygens (including phenoxy) is 3. The second-order valence-corrected chi connectivity index (χ2v) is 9.72. The molecule has 1 saturated heterocycles. The quantitative estimate of drug-likeness (QED) is 0.272. The minimum atomic E-state index is -0.669. The molecule has 5 rings (SSSR count). The van der Waals surface area contributed by atoms with E-state index in [0.717, 1.165) is 6.21 Å². The molecule has 1 spiro atoms. The molecule has 0 aliphatic carbocycles. The number of nitrogens with one attached hydrogen (secondary N) is 3. The van der Waals surface area contributed by atoms with Crippen molar-refractivity contribution in [2.24, 2.45) is 0 Å². The first-order valence-corrected chi connectivity index (χ1v) is 13.1. The summed E-state index contributed by atoms with van der Waals surface area (Å²) in [6.07, 6.45) is 2.39. The van der Waals surface area contributed by atoms with E-state index in [0.29, 0.717) is 83.4 Å². The van der Waals surface area contributed by atoms with E-state index in [9.17, 15) is 9.59 Å². The van der Waals surface area contributed by atoms with Crippen molar-refractivity contribution in [3.05, 3.63) is 53.6 Å². The number of hydrogen-bond donors (Lipinski definition) is 3. The number of aromatic nitrogens is 4. The van der Waals surface area contributed by atoms with E-state index >= 15 is 0 Å². The molecule has 0 radical (unpaired) electrons. The lowest BCUT2D eigenvalue weighted by molar-refractivity contribution is -0.00572.